The highest BCUT2D eigenvalue weighted by molar-refractivity contribution is 6.07. The van der Waals surface area contributed by atoms with Crippen molar-refractivity contribution in [2.24, 2.45) is 4.99 Å². The van der Waals surface area contributed by atoms with Crippen molar-refractivity contribution in [1.82, 2.24) is 25.3 Å². The molecule has 0 bridgehead atoms. The molecule has 2 aromatic rings. The van der Waals surface area contributed by atoms with E-state index in [4.69, 9.17) is 4.52 Å². The Morgan fingerprint density at radius 2 is 1.93 bits per heavy atom. The Labute approximate surface area is 158 Å². The number of hydrogen-bond donors (Lipinski definition) is 1. The van der Waals surface area contributed by atoms with E-state index in [0.29, 0.717) is 37.1 Å². The van der Waals surface area contributed by atoms with Crippen molar-refractivity contribution in [2.45, 2.75) is 31.8 Å². The van der Waals surface area contributed by atoms with Crippen LogP contribution in [0.25, 0.3) is 11.4 Å². The monoisotopic (exact) mass is 368 g/mol. The van der Waals surface area contributed by atoms with E-state index in [1.165, 1.54) is 5.56 Å². The number of carbonyl (C=O) groups excluding carboxylic acids is 1. The Bertz CT molecular complexity index is 863. The minimum absolute atomic E-state index is 0.00491. The lowest BCUT2D eigenvalue weighted by Crippen LogP contribution is -2.49. The van der Waals surface area contributed by atoms with Gasteiger partial charge in [-0.15, -0.1) is 0 Å². The number of guanidine groups is 1. The van der Waals surface area contributed by atoms with Crippen LogP contribution in [0.3, 0.4) is 0 Å². The SMILES string of the molecule is Cc1ccc(-c2noc(CN3CCC4(CC3)N=C(N(C)C)NC4=O)n2)cc1. The molecule has 1 spiro atoms. The maximum absolute atomic E-state index is 12.4. The summed E-state index contributed by atoms with van der Waals surface area (Å²) in [5.41, 5.74) is 1.51. The van der Waals surface area contributed by atoms with Crippen LogP contribution in [0.1, 0.15) is 24.3 Å². The molecule has 1 N–H and O–H groups in total. The van der Waals surface area contributed by atoms with E-state index in [0.717, 1.165) is 18.7 Å². The molecule has 27 heavy (non-hydrogen) atoms. The number of rotatable bonds is 3. The van der Waals surface area contributed by atoms with Gasteiger partial charge < -0.3 is 9.42 Å². The summed E-state index contributed by atoms with van der Waals surface area (Å²) in [6, 6.07) is 8.05. The molecule has 1 aromatic carbocycles. The van der Waals surface area contributed by atoms with Gasteiger partial charge in [-0.1, -0.05) is 35.0 Å². The van der Waals surface area contributed by atoms with Crippen LogP contribution in [0.5, 0.6) is 0 Å². The average Bonchev–Trinajstić information content (AvgIpc) is 3.23. The van der Waals surface area contributed by atoms with Crippen LogP contribution >= 0.6 is 0 Å². The van der Waals surface area contributed by atoms with Gasteiger partial charge in [0.15, 0.2) is 0 Å². The third-order valence-corrected chi connectivity index (χ3v) is 5.21. The van der Waals surface area contributed by atoms with Crippen LogP contribution in [0, 0.1) is 6.92 Å². The van der Waals surface area contributed by atoms with Gasteiger partial charge in [0.2, 0.25) is 17.7 Å². The molecule has 2 aliphatic rings. The molecule has 0 aliphatic carbocycles. The van der Waals surface area contributed by atoms with Crippen molar-refractivity contribution in [2.75, 3.05) is 27.2 Å². The van der Waals surface area contributed by atoms with Gasteiger partial charge in [-0.2, -0.15) is 4.98 Å². The third kappa shape index (κ3) is 3.44. The number of aliphatic imine (C=N–C) groups is 1. The van der Waals surface area contributed by atoms with Crippen LogP contribution in [0.2, 0.25) is 0 Å². The first kappa shape index (κ1) is 17.7. The molecule has 4 rings (SSSR count). The topological polar surface area (TPSA) is 86.9 Å². The standard InChI is InChI=1S/C19H24N6O2/c1-13-4-6-14(7-5-13)16-20-15(27-23-16)12-25-10-8-19(9-11-25)17(26)21-18(22-19)24(2)3/h4-7H,8-12H2,1-3H3,(H,21,22,26). The molecule has 2 aliphatic heterocycles. The molecule has 1 amide bonds. The van der Waals surface area contributed by atoms with Crippen molar-refractivity contribution < 1.29 is 9.32 Å². The average molecular weight is 368 g/mol. The summed E-state index contributed by atoms with van der Waals surface area (Å²) in [6.45, 7) is 4.16. The number of benzene rings is 1. The van der Waals surface area contributed by atoms with E-state index in [1.54, 1.807) is 0 Å². The molecule has 0 radical (unpaired) electrons. The second-order valence-electron chi connectivity index (χ2n) is 7.47. The van der Waals surface area contributed by atoms with Crippen LogP contribution < -0.4 is 5.32 Å². The fourth-order valence-electron chi connectivity index (χ4n) is 3.46. The number of nitrogens with zero attached hydrogens (tertiary/aromatic N) is 5. The van der Waals surface area contributed by atoms with Gasteiger partial charge >= 0.3 is 0 Å². The van der Waals surface area contributed by atoms with Crippen molar-refractivity contribution in [3.8, 4) is 11.4 Å². The highest BCUT2D eigenvalue weighted by atomic mass is 16.5. The minimum Gasteiger partial charge on any atom is -0.349 e. The fourth-order valence-corrected chi connectivity index (χ4v) is 3.46. The maximum Gasteiger partial charge on any atom is 0.254 e. The first-order chi connectivity index (χ1) is 12.9. The molecule has 142 valence electrons. The molecular formula is C19H24N6O2. The van der Waals surface area contributed by atoms with Crippen LogP contribution in [0.4, 0.5) is 0 Å². The second kappa shape index (κ2) is 6.77. The summed E-state index contributed by atoms with van der Waals surface area (Å²) in [6.07, 6.45) is 1.38. The Hall–Kier alpha value is -2.74. The van der Waals surface area contributed by atoms with Crippen LogP contribution in [-0.4, -0.2) is 64.5 Å². The fraction of sp³-hybridized carbons (Fsp3) is 0.474. The van der Waals surface area contributed by atoms with Crippen molar-refractivity contribution in [3.05, 3.63) is 35.7 Å². The number of amides is 1. The van der Waals surface area contributed by atoms with Gasteiger partial charge in [-0.05, 0) is 19.8 Å². The van der Waals surface area contributed by atoms with E-state index in [2.05, 4.69) is 25.3 Å². The zero-order valence-electron chi connectivity index (χ0n) is 15.9. The Morgan fingerprint density at radius 1 is 1.22 bits per heavy atom. The summed E-state index contributed by atoms with van der Waals surface area (Å²) >= 11 is 0. The predicted octanol–water partition coefficient (Wildman–Crippen LogP) is 1.43. The number of aryl methyl sites for hydroxylation is 1. The molecule has 8 heteroatoms. The van der Waals surface area contributed by atoms with E-state index in [9.17, 15) is 4.79 Å². The highest BCUT2D eigenvalue weighted by Gasteiger charge is 2.46. The lowest BCUT2D eigenvalue weighted by molar-refractivity contribution is -0.125. The zero-order chi connectivity index (χ0) is 19.0. The lowest BCUT2D eigenvalue weighted by atomic mass is 9.88. The van der Waals surface area contributed by atoms with E-state index >= 15 is 0 Å². The number of hydrogen-bond acceptors (Lipinski definition) is 7. The Morgan fingerprint density at radius 3 is 2.56 bits per heavy atom. The Balaban J connectivity index is 1.39. The minimum atomic E-state index is -0.627. The highest BCUT2D eigenvalue weighted by Crippen LogP contribution is 2.30. The molecule has 0 atom stereocenters. The summed E-state index contributed by atoms with van der Waals surface area (Å²) in [4.78, 5) is 25.6. The number of piperidine rings is 1. The largest absolute Gasteiger partial charge is 0.349 e. The van der Waals surface area contributed by atoms with E-state index < -0.39 is 5.54 Å². The summed E-state index contributed by atoms with van der Waals surface area (Å²) in [5, 5.41) is 6.97. The van der Waals surface area contributed by atoms with Gasteiger partial charge in [0, 0.05) is 32.7 Å². The van der Waals surface area contributed by atoms with E-state index in [1.807, 2.05) is 50.2 Å². The van der Waals surface area contributed by atoms with Gasteiger partial charge in [0.25, 0.3) is 5.91 Å². The van der Waals surface area contributed by atoms with Crippen LogP contribution in [-0.2, 0) is 11.3 Å². The van der Waals surface area contributed by atoms with Gasteiger partial charge in [0.1, 0.15) is 5.54 Å². The zero-order valence-corrected chi connectivity index (χ0v) is 15.9. The first-order valence-corrected chi connectivity index (χ1v) is 9.16. The normalized spacial score (nSPS) is 19.2. The summed E-state index contributed by atoms with van der Waals surface area (Å²) in [5.74, 6) is 1.85. The number of nitrogens with one attached hydrogen (secondary N) is 1. The molecular weight excluding hydrogens is 344 g/mol. The Kier molecular flexibility index (Phi) is 4.43. The molecule has 8 nitrogen and oxygen atoms in total. The molecule has 1 aromatic heterocycles. The number of carbonyl (C=O) groups is 1. The van der Waals surface area contributed by atoms with Crippen molar-refractivity contribution in [1.29, 1.82) is 0 Å². The molecule has 3 heterocycles. The van der Waals surface area contributed by atoms with Gasteiger partial charge in [-0.25, -0.2) is 4.99 Å². The summed E-state index contributed by atoms with van der Waals surface area (Å²) in [7, 11) is 3.77. The number of likely N-dealkylation sites (tertiary alicyclic amines) is 1. The number of aromatic nitrogens is 2. The predicted molar refractivity (Wildman–Crippen MR) is 101 cm³/mol. The van der Waals surface area contributed by atoms with E-state index in [-0.39, 0.29) is 5.91 Å². The van der Waals surface area contributed by atoms with Crippen molar-refractivity contribution >= 4 is 11.9 Å². The third-order valence-electron chi connectivity index (χ3n) is 5.21. The lowest BCUT2D eigenvalue weighted by Gasteiger charge is -2.34. The molecule has 1 saturated heterocycles. The molecule has 0 saturated carbocycles. The molecule has 0 unspecified atom stereocenters. The van der Waals surface area contributed by atoms with Gasteiger partial charge in [-0.3, -0.25) is 15.0 Å². The molecule has 1 fully saturated rings. The summed E-state index contributed by atoms with van der Waals surface area (Å²) < 4.78 is 5.42. The van der Waals surface area contributed by atoms with Crippen molar-refractivity contribution in [3.63, 3.8) is 0 Å². The first-order valence-electron chi connectivity index (χ1n) is 9.16. The van der Waals surface area contributed by atoms with Crippen LogP contribution in [0.15, 0.2) is 33.8 Å². The van der Waals surface area contributed by atoms with Gasteiger partial charge in [0.05, 0.1) is 6.54 Å². The second-order valence-corrected chi connectivity index (χ2v) is 7.47. The maximum atomic E-state index is 12.4. The quantitative estimate of drug-likeness (QED) is 0.882. The smallest absolute Gasteiger partial charge is 0.254 e.